The van der Waals surface area contributed by atoms with Gasteiger partial charge in [-0.25, -0.2) is 0 Å². The van der Waals surface area contributed by atoms with Gasteiger partial charge >= 0.3 is 5.97 Å². The first-order valence-corrected chi connectivity index (χ1v) is 6.96. The van der Waals surface area contributed by atoms with Gasteiger partial charge in [0.2, 0.25) is 11.7 Å². The predicted octanol–water partition coefficient (Wildman–Crippen LogP) is 1.95. The first kappa shape index (κ1) is 13.8. The summed E-state index contributed by atoms with van der Waals surface area (Å²) in [6.45, 7) is 3.81. The number of nitrogens with zero attached hydrogens (tertiary/aromatic N) is 3. The Morgan fingerprint density at radius 2 is 2.38 bits per heavy atom. The Balaban J connectivity index is 1.67. The van der Waals surface area contributed by atoms with Gasteiger partial charge in [-0.2, -0.15) is 4.98 Å². The topological polar surface area (TPSA) is 79.5 Å². The van der Waals surface area contributed by atoms with Gasteiger partial charge < -0.3 is 9.63 Å². The summed E-state index contributed by atoms with van der Waals surface area (Å²) in [6, 6.07) is 7.92. The van der Waals surface area contributed by atoms with Crippen molar-refractivity contribution in [1.29, 1.82) is 0 Å². The molecule has 2 aromatic rings. The molecule has 1 aromatic carbocycles. The van der Waals surface area contributed by atoms with Gasteiger partial charge in [0.25, 0.3) is 0 Å². The molecule has 6 heteroatoms. The normalized spacial score (nSPS) is 19.0. The zero-order valence-corrected chi connectivity index (χ0v) is 11.8. The first-order chi connectivity index (χ1) is 10.1. The third-order valence-corrected chi connectivity index (χ3v) is 3.72. The Bertz CT molecular complexity index is 653. The highest BCUT2D eigenvalue weighted by atomic mass is 16.5. The summed E-state index contributed by atoms with van der Waals surface area (Å²) >= 11 is 0. The Morgan fingerprint density at radius 3 is 3.10 bits per heavy atom. The highest BCUT2D eigenvalue weighted by Gasteiger charge is 2.28. The van der Waals surface area contributed by atoms with Crippen LogP contribution in [0.4, 0.5) is 0 Å². The first-order valence-electron chi connectivity index (χ1n) is 6.96. The summed E-state index contributed by atoms with van der Waals surface area (Å²) in [7, 11) is 0. The van der Waals surface area contributed by atoms with Crippen molar-refractivity contribution < 1.29 is 14.4 Å². The van der Waals surface area contributed by atoms with Crippen LogP contribution in [0.15, 0.2) is 28.8 Å². The van der Waals surface area contributed by atoms with E-state index in [1.807, 2.05) is 36.1 Å². The summed E-state index contributed by atoms with van der Waals surface area (Å²) in [5.41, 5.74) is 2.07. The Hall–Kier alpha value is -2.21. The number of likely N-dealkylation sites (tertiary alicyclic amines) is 1. The monoisotopic (exact) mass is 287 g/mol. The molecule has 1 saturated heterocycles. The van der Waals surface area contributed by atoms with Crippen LogP contribution in [0.1, 0.15) is 17.9 Å². The SMILES string of the molecule is Cc1cccc(-c2noc(CN3CCC(C(=O)O)C3)n2)c1. The second kappa shape index (κ2) is 5.65. The van der Waals surface area contributed by atoms with Crippen LogP contribution in [0.2, 0.25) is 0 Å². The van der Waals surface area contributed by atoms with Gasteiger partial charge in [0.05, 0.1) is 12.5 Å². The van der Waals surface area contributed by atoms with E-state index in [4.69, 9.17) is 9.63 Å². The molecule has 1 atom stereocenters. The lowest BCUT2D eigenvalue weighted by molar-refractivity contribution is -0.141. The minimum Gasteiger partial charge on any atom is -0.481 e. The van der Waals surface area contributed by atoms with Crippen molar-refractivity contribution in [3.63, 3.8) is 0 Å². The lowest BCUT2D eigenvalue weighted by Gasteiger charge is -2.11. The van der Waals surface area contributed by atoms with E-state index in [2.05, 4.69) is 10.1 Å². The average Bonchev–Trinajstić information content (AvgIpc) is 3.08. The van der Waals surface area contributed by atoms with Crippen molar-refractivity contribution in [2.45, 2.75) is 19.9 Å². The number of carbonyl (C=O) groups is 1. The summed E-state index contributed by atoms with van der Waals surface area (Å²) in [5.74, 6) is 0.0767. The number of benzene rings is 1. The van der Waals surface area contributed by atoms with Gasteiger partial charge in [0, 0.05) is 12.1 Å². The number of hydrogen-bond donors (Lipinski definition) is 1. The maximum absolute atomic E-state index is 10.9. The molecule has 21 heavy (non-hydrogen) atoms. The number of aromatic nitrogens is 2. The lowest BCUT2D eigenvalue weighted by Crippen LogP contribution is -2.22. The van der Waals surface area contributed by atoms with Gasteiger partial charge in [-0.15, -0.1) is 0 Å². The van der Waals surface area contributed by atoms with Crippen molar-refractivity contribution in [2.75, 3.05) is 13.1 Å². The number of carboxylic acids is 1. The van der Waals surface area contributed by atoms with E-state index in [9.17, 15) is 4.79 Å². The quantitative estimate of drug-likeness (QED) is 0.926. The number of carboxylic acid groups (broad SMARTS) is 1. The van der Waals surface area contributed by atoms with Gasteiger partial charge in [0.1, 0.15) is 0 Å². The fourth-order valence-corrected chi connectivity index (χ4v) is 2.59. The third kappa shape index (κ3) is 3.11. The van der Waals surface area contributed by atoms with Crippen LogP contribution in [0.3, 0.4) is 0 Å². The summed E-state index contributed by atoms with van der Waals surface area (Å²) in [5, 5.41) is 13.0. The van der Waals surface area contributed by atoms with E-state index in [0.717, 1.165) is 17.7 Å². The molecule has 1 N–H and O–H groups in total. The fraction of sp³-hybridized carbons (Fsp3) is 0.400. The molecule has 0 saturated carbocycles. The zero-order chi connectivity index (χ0) is 14.8. The Labute approximate surface area is 122 Å². The number of aryl methyl sites for hydroxylation is 1. The Kier molecular flexibility index (Phi) is 3.70. The van der Waals surface area contributed by atoms with Crippen LogP contribution in [-0.2, 0) is 11.3 Å². The van der Waals surface area contributed by atoms with Crippen molar-refractivity contribution in [1.82, 2.24) is 15.0 Å². The number of rotatable bonds is 4. The average molecular weight is 287 g/mol. The minimum absolute atomic E-state index is 0.288. The largest absolute Gasteiger partial charge is 0.481 e. The molecule has 6 nitrogen and oxygen atoms in total. The molecule has 2 heterocycles. The van der Waals surface area contributed by atoms with Crippen molar-refractivity contribution in [3.8, 4) is 11.4 Å². The smallest absolute Gasteiger partial charge is 0.307 e. The summed E-state index contributed by atoms with van der Waals surface area (Å²) < 4.78 is 5.27. The van der Waals surface area contributed by atoms with Crippen molar-refractivity contribution in [3.05, 3.63) is 35.7 Å². The standard InChI is InChI=1S/C15H17N3O3/c1-10-3-2-4-11(7-10)14-16-13(21-17-14)9-18-6-5-12(8-18)15(19)20/h2-4,7,12H,5-6,8-9H2,1H3,(H,19,20). The maximum Gasteiger partial charge on any atom is 0.307 e. The maximum atomic E-state index is 10.9. The number of hydrogen-bond acceptors (Lipinski definition) is 5. The molecule has 110 valence electrons. The molecule has 3 rings (SSSR count). The van der Waals surface area contributed by atoms with Crippen LogP contribution in [-0.4, -0.2) is 39.2 Å². The molecular formula is C15H17N3O3. The fourth-order valence-electron chi connectivity index (χ4n) is 2.59. The molecule has 0 radical (unpaired) electrons. The van der Waals surface area contributed by atoms with E-state index in [1.165, 1.54) is 0 Å². The lowest BCUT2D eigenvalue weighted by atomic mass is 10.1. The molecule has 0 bridgehead atoms. The number of aliphatic carboxylic acids is 1. The molecule has 1 aromatic heterocycles. The highest BCUT2D eigenvalue weighted by molar-refractivity contribution is 5.70. The second-order valence-electron chi connectivity index (χ2n) is 5.44. The van der Waals surface area contributed by atoms with Crippen LogP contribution in [0.5, 0.6) is 0 Å². The van der Waals surface area contributed by atoms with Gasteiger partial charge in [-0.3, -0.25) is 9.69 Å². The van der Waals surface area contributed by atoms with Crippen molar-refractivity contribution in [2.24, 2.45) is 5.92 Å². The molecule has 1 unspecified atom stereocenters. The van der Waals surface area contributed by atoms with Crippen LogP contribution in [0, 0.1) is 12.8 Å². The molecule has 1 aliphatic rings. The van der Waals surface area contributed by atoms with Crippen LogP contribution < -0.4 is 0 Å². The molecule has 0 amide bonds. The van der Waals surface area contributed by atoms with Gasteiger partial charge in [-0.1, -0.05) is 28.9 Å². The van der Waals surface area contributed by atoms with Crippen LogP contribution >= 0.6 is 0 Å². The third-order valence-electron chi connectivity index (χ3n) is 3.72. The zero-order valence-electron chi connectivity index (χ0n) is 11.8. The van der Waals surface area contributed by atoms with E-state index < -0.39 is 5.97 Å². The van der Waals surface area contributed by atoms with E-state index >= 15 is 0 Å². The predicted molar refractivity (Wildman–Crippen MR) is 75.5 cm³/mol. The minimum atomic E-state index is -0.733. The highest BCUT2D eigenvalue weighted by Crippen LogP contribution is 2.20. The van der Waals surface area contributed by atoms with Crippen molar-refractivity contribution >= 4 is 5.97 Å². The Morgan fingerprint density at radius 1 is 1.52 bits per heavy atom. The molecular weight excluding hydrogens is 270 g/mol. The summed E-state index contributed by atoms with van der Waals surface area (Å²) in [4.78, 5) is 17.4. The van der Waals surface area contributed by atoms with Gasteiger partial charge in [-0.05, 0) is 26.0 Å². The molecule has 1 aliphatic heterocycles. The van der Waals surface area contributed by atoms with E-state index in [1.54, 1.807) is 0 Å². The molecule has 0 spiro atoms. The second-order valence-corrected chi connectivity index (χ2v) is 5.44. The van der Waals surface area contributed by atoms with E-state index in [0.29, 0.717) is 31.2 Å². The summed E-state index contributed by atoms with van der Waals surface area (Å²) in [6.07, 6.45) is 0.675. The molecule has 1 fully saturated rings. The van der Waals surface area contributed by atoms with Crippen LogP contribution in [0.25, 0.3) is 11.4 Å². The van der Waals surface area contributed by atoms with E-state index in [-0.39, 0.29) is 5.92 Å². The molecule has 0 aliphatic carbocycles. The van der Waals surface area contributed by atoms with Gasteiger partial charge in [0.15, 0.2) is 0 Å².